The predicted octanol–water partition coefficient (Wildman–Crippen LogP) is 2.85. The molecule has 0 amide bonds. The summed E-state index contributed by atoms with van der Waals surface area (Å²) in [4.78, 5) is 0.531. The van der Waals surface area contributed by atoms with Crippen LogP contribution < -0.4 is 5.32 Å². The molecule has 0 aliphatic carbocycles. The molecule has 1 N–H and O–H groups in total. The molecule has 1 aromatic carbocycles. The van der Waals surface area contributed by atoms with Gasteiger partial charge in [-0.15, -0.1) is 0 Å². The lowest BCUT2D eigenvalue weighted by Gasteiger charge is -2.33. The van der Waals surface area contributed by atoms with Gasteiger partial charge in [0.15, 0.2) is 0 Å². The van der Waals surface area contributed by atoms with Crippen LogP contribution >= 0.6 is 0 Å². The summed E-state index contributed by atoms with van der Waals surface area (Å²) in [6, 6.07) is 0. The van der Waals surface area contributed by atoms with E-state index in [9.17, 15) is 8.42 Å². The molecule has 0 aromatic heterocycles. The van der Waals surface area contributed by atoms with Crippen molar-refractivity contribution in [2.45, 2.75) is 52.4 Å². The maximum Gasteiger partial charge on any atom is 0.243 e. The Bertz CT molecular complexity index is 664. The van der Waals surface area contributed by atoms with E-state index in [1.54, 1.807) is 4.31 Å². The number of sulfonamides is 1. The molecule has 4 nitrogen and oxygen atoms in total. The van der Waals surface area contributed by atoms with E-state index >= 15 is 0 Å². The van der Waals surface area contributed by atoms with Gasteiger partial charge < -0.3 is 5.32 Å². The third-order valence-corrected chi connectivity index (χ3v) is 7.64. The maximum atomic E-state index is 13.3. The second-order valence-corrected chi connectivity index (χ2v) is 8.76. The Kier molecular flexibility index (Phi) is 5.54. The molecular weight excluding hydrogens is 308 g/mol. The zero-order valence-corrected chi connectivity index (χ0v) is 16.1. The van der Waals surface area contributed by atoms with Gasteiger partial charge in [0, 0.05) is 13.1 Å². The zero-order valence-electron chi connectivity index (χ0n) is 15.3. The molecule has 1 atom stereocenters. The van der Waals surface area contributed by atoms with E-state index in [2.05, 4.69) is 12.2 Å². The lowest BCUT2D eigenvalue weighted by molar-refractivity contribution is 0.263. The number of nitrogens with zero attached hydrogens (tertiary/aromatic N) is 1. The van der Waals surface area contributed by atoms with Crippen LogP contribution in [0, 0.1) is 40.5 Å². The van der Waals surface area contributed by atoms with Crippen LogP contribution in [0.1, 0.15) is 40.7 Å². The average Bonchev–Trinajstić information content (AvgIpc) is 2.51. The fourth-order valence-electron chi connectivity index (χ4n) is 3.68. The van der Waals surface area contributed by atoms with E-state index in [0.717, 1.165) is 41.6 Å². The highest BCUT2D eigenvalue weighted by Gasteiger charge is 2.33. The molecule has 1 unspecified atom stereocenters. The molecule has 1 fully saturated rings. The smallest absolute Gasteiger partial charge is 0.243 e. The van der Waals surface area contributed by atoms with Gasteiger partial charge in [-0.2, -0.15) is 4.31 Å². The first kappa shape index (κ1) is 18.4. The predicted molar refractivity (Wildman–Crippen MR) is 95.5 cm³/mol. The highest BCUT2D eigenvalue weighted by molar-refractivity contribution is 7.89. The summed E-state index contributed by atoms with van der Waals surface area (Å²) in [5, 5.41) is 3.18. The lowest BCUT2D eigenvalue weighted by Crippen LogP contribution is -2.42. The molecule has 130 valence electrons. The van der Waals surface area contributed by atoms with Gasteiger partial charge in [-0.25, -0.2) is 8.42 Å². The Morgan fingerprint density at radius 3 is 2.04 bits per heavy atom. The molecular formula is C18H30N2O2S. The minimum Gasteiger partial charge on any atom is -0.319 e. The Morgan fingerprint density at radius 1 is 1.00 bits per heavy atom. The first-order chi connectivity index (χ1) is 10.7. The largest absolute Gasteiger partial charge is 0.319 e. The minimum atomic E-state index is -3.43. The van der Waals surface area contributed by atoms with E-state index in [-0.39, 0.29) is 0 Å². The van der Waals surface area contributed by atoms with Crippen LogP contribution in [0.3, 0.4) is 0 Å². The van der Waals surface area contributed by atoms with Crippen LogP contribution in [-0.2, 0) is 10.0 Å². The van der Waals surface area contributed by atoms with Crippen LogP contribution in [0.4, 0.5) is 0 Å². The van der Waals surface area contributed by atoms with Crippen molar-refractivity contribution in [2.75, 3.05) is 26.7 Å². The van der Waals surface area contributed by atoms with E-state index < -0.39 is 10.0 Å². The van der Waals surface area contributed by atoms with E-state index in [0.29, 0.717) is 23.9 Å². The van der Waals surface area contributed by atoms with Crippen molar-refractivity contribution in [1.29, 1.82) is 0 Å². The highest BCUT2D eigenvalue weighted by atomic mass is 32.2. The van der Waals surface area contributed by atoms with Crippen molar-refractivity contribution in [1.82, 2.24) is 9.62 Å². The maximum absolute atomic E-state index is 13.3. The Labute approximate surface area is 141 Å². The third-order valence-electron chi connectivity index (χ3n) is 5.50. The number of piperidine rings is 1. The van der Waals surface area contributed by atoms with Crippen molar-refractivity contribution >= 4 is 10.0 Å². The summed E-state index contributed by atoms with van der Waals surface area (Å²) >= 11 is 0. The van der Waals surface area contributed by atoms with Gasteiger partial charge >= 0.3 is 0 Å². The van der Waals surface area contributed by atoms with E-state index in [4.69, 9.17) is 0 Å². The lowest BCUT2D eigenvalue weighted by atomic mass is 9.95. The van der Waals surface area contributed by atoms with Crippen LogP contribution in [0.15, 0.2) is 4.90 Å². The fraction of sp³-hybridized carbons (Fsp3) is 0.667. The van der Waals surface area contributed by atoms with Crippen molar-refractivity contribution in [3.8, 4) is 0 Å². The van der Waals surface area contributed by atoms with Gasteiger partial charge in [-0.1, -0.05) is 0 Å². The van der Waals surface area contributed by atoms with Gasteiger partial charge in [0.2, 0.25) is 10.0 Å². The van der Waals surface area contributed by atoms with Crippen LogP contribution in [-0.4, -0.2) is 39.4 Å². The van der Waals surface area contributed by atoms with Gasteiger partial charge in [-0.05, 0) is 94.8 Å². The monoisotopic (exact) mass is 338 g/mol. The topological polar surface area (TPSA) is 49.4 Å². The van der Waals surface area contributed by atoms with E-state index in [1.165, 1.54) is 5.56 Å². The molecule has 5 heteroatoms. The average molecular weight is 339 g/mol. The standard InChI is InChI=1S/C18H30N2O2S/c1-12-13(2)15(4)18(16(5)14(12)3)23(21,22)20-9-7-8-17(11-20)10-19-6/h17,19H,7-11H2,1-6H3. The second kappa shape index (κ2) is 6.91. The Balaban J connectivity index is 2.48. The summed E-state index contributed by atoms with van der Waals surface area (Å²) < 4.78 is 28.3. The van der Waals surface area contributed by atoms with Crippen LogP contribution in [0.5, 0.6) is 0 Å². The summed E-state index contributed by atoms with van der Waals surface area (Å²) in [5.74, 6) is 0.400. The molecule has 0 bridgehead atoms. The number of benzene rings is 1. The molecule has 1 aromatic rings. The molecule has 23 heavy (non-hydrogen) atoms. The first-order valence-corrected chi connectivity index (χ1v) is 9.87. The number of nitrogens with one attached hydrogen (secondary N) is 1. The summed E-state index contributed by atoms with van der Waals surface area (Å²) in [6.45, 7) is 12.1. The second-order valence-electron chi connectivity index (χ2n) is 6.88. The highest BCUT2D eigenvalue weighted by Crippen LogP contribution is 2.33. The first-order valence-electron chi connectivity index (χ1n) is 8.43. The Hall–Kier alpha value is -0.910. The normalized spacial score (nSPS) is 20.0. The quantitative estimate of drug-likeness (QED) is 0.918. The van der Waals surface area contributed by atoms with Gasteiger partial charge in [0.1, 0.15) is 0 Å². The molecule has 0 radical (unpaired) electrons. The van der Waals surface area contributed by atoms with Crippen molar-refractivity contribution in [3.63, 3.8) is 0 Å². The van der Waals surface area contributed by atoms with Crippen molar-refractivity contribution in [2.24, 2.45) is 5.92 Å². The molecule has 1 heterocycles. The summed E-state index contributed by atoms with van der Waals surface area (Å²) in [7, 11) is -1.51. The number of hydrogen-bond donors (Lipinski definition) is 1. The van der Waals surface area contributed by atoms with Crippen molar-refractivity contribution in [3.05, 3.63) is 27.8 Å². The van der Waals surface area contributed by atoms with Crippen LogP contribution in [0.2, 0.25) is 0 Å². The molecule has 1 saturated heterocycles. The molecule has 2 rings (SSSR count). The third kappa shape index (κ3) is 3.32. The number of rotatable bonds is 4. The van der Waals surface area contributed by atoms with Gasteiger partial charge in [-0.3, -0.25) is 0 Å². The van der Waals surface area contributed by atoms with Gasteiger partial charge in [0.05, 0.1) is 4.90 Å². The SMILES string of the molecule is CNCC1CCCN(S(=O)(=O)c2c(C)c(C)c(C)c(C)c2C)C1. The minimum absolute atomic E-state index is 0.400. The molecule has 1 aliphatic heterocycles. The zero-order chi connectivity index (χ0) is 17.4. The Morgan fingerprint density at radius 2 is 1.52 bits per heavy atom. The fourth-order valence-corrected chi connectivity index (χ4v) is 5.80. The molecule has 0 saturated carbocycles. The number of hydrogen-bond acceptors (Lipinski definition) is 3. The summed E-state index contributed by atoms with van der Waals surface area (Å²) in [5.41, 5.74) is 5.19. The van der Waals surface area contributed by atoms with Crippen LogP contribution in [0.25, 0.3) is 0 Å². The molecule has 0 spiro atoms. The van der Waals surface area contributed by atoms with E-state index in [1.807, 2.05) is 34.7 Å². The molecule has 1 aliphatic rings. The summed E-state index contributed by atoms with van der Waals surface area (Å²) in [6.07, 6.45) is 2.03. The van der Waals surface area contributed by atoms with Gasteiger partial charge in [0.25, 0.3) is 0 Å². The van der Waals surface area contributed by atoms with Crippen molar-refractivity contribution < 1.29 is 8.42 Å².